The molecule has 1 aliphatic rings. The predicted octanol–water partition coefficient (Wildman–Crippen LogP) is 3.07. The van der Waals surface area contributed by atoms with E-state index >= 15 is 0 Å². The highest BCUT2D eigenvalue weighted by Crippen LogP contribution is 2.25. The Morgan fingerprint density at radius 3 is 2.76 bits per heavy atom. The fourth-order valence-electron chi connectivity index (χ4n) is 2.51. The third-order valence-corrected chi connectivity index (χ3v) is 3.53. The van der Waals surface area contributed by atoms with E-state index in [0.29, 0.717) is 5.92 Å². The van der Waals surface area contributed by atoms with Crippen LogP contribution in [0.5, 0.6) is 0 Å². The largest absolute Gasteiger partial charge is 0.357 e. The van der Waals surface area contributed by atoms with Crippen LogP contribution in [-0.2, 0) is 6.54 Å². The first-order valence-electron chi connectivity index (χ1n) is 6.47. The first-order chi connectivity index (χ1) is 8.27. The second-order valence-electron chi connectivity index (χ2n) is 4.90. The number of hydrogen-bond donors (Lipinski definition) is 1. The Hall–Kier alpha value is -1.38. The summed E-state index contributed by atoms with van der Waals surface area (Å²) in [5, 5.41) is 8.24. The molecule has 0 radical (unpaired) electrons. The van der Waals surface area contributed by atoms with E-state index in [1.54, 1.807) is 0 Å². The molecule has 0 aromatic carbocycles. The lowest BCUT2D eigenvalue weighted by molar-refractivity contribution is 0.380. The molecule has 1 N–H and O–H groups in total. The zero-order chi connectivity index (χ0) is 12.1. The number of hydrogen-bond acceptors (Lipinski definition) is 2. The van der Waals surface area contributed by atoms with Crippen LogP contribution in [0.1, 0.15) is 37.8 Å². The van der Waals surface area contributed by atoms with Crippen molar-refractivity contribution < 1.29 is 0 Å². The van der Waals surface area contributed by atoms with Crippen molar-refractivity contribution in [3.8, 4) is 0 Å². The average molecular weight is 231 g/mol. The average Bonchev–Trinajstić information content (AvgIpc) is 2.40. The van der Waals surface area contributed by atoms with Gasteiger partial charge in [-0.1, -0.05) is 25.3 Å². The molecule has 0 unspecified atom stereocenters. The lowest BCUT2D eigenvalue weighted by Crippen LogP contribution is -2.33. The van der Waals surface area contributed by atoms with Gasteiger partial charge in [0.05, 0.1) is 18.1 Å². The molecule has 1 aromatic heterocycles. The monoisotopic (exact) mass is 231 g/mol. The molecule has 2 rings (SSSR count). The summed E-state index contributed by atoms with van der Waals surface area (Å²) in [6, 6.07) is 5.95. The number of nitrogens with one attached hydrogen (secondary N) is 1. The van der Waals surface area contributed by atoms with E-state index in [0.717, 1.165) is 18.1 Å². The fourth-order valence-corrected chi connectivity index (χ4v) is 2.51. The van der Waals surface area contributed by atoms with Gasteiger partial charge in [0.15, 0.2) is 0 Å². The first-order valence-corrected chi connectivity index (χ1v) is 6.47. The summed E-state index contributed by atoms with van der Waals surface area (Å²) in [5.41, 5.74) is 1.04. The Bertz CT molecular complexity index is 355. The summed E-state index contributed by atoms with van der Waals surface area (Å²) < 4.78 is 0. The summed E-state index contributed by atoms with van der Waals surface area (Å²) >= 11 is 0. The minimum absolute atomic E-state index is 0.470. The molecule has 3 nitrogen and oxygen atoms in total. The smallest absolute Gasteiger partial charge is 0.0990 e. The third-order valence-electron chi connectivity index (χ3n) is 3.53. The summed E-state index contributed by atoms with van der Waals surface area (Å²) in [6.07, 6.45) is 8.09. The van der Waals surface area contributed by atoms with Crippen LogP contribution < -0.4 is 0 Å². The van der Waals surface area contributed by atoms with E-state index in [4.69, 9.17) is 5.41 Å². The molecule has 0 spiro atoms. The van der Waals surface area contributed by atoms with Gasteiger partial charge in [-0.15, -0.1) is 0 Å². The quantitative estimate of drug-likeness (QED) is 0.641. The normalized spacial score (nSPS) is 16.8. The van der Waals surface area contributed by atoms with Crippen molar-refractivity contribution in [2.24, 2.45) is 5.92 Å². The SMILES string of the molecule is CN(Cc1ccccn1)C(=N)C1CCCCC1. The maximum atomic E-state index is 8.24. The minimum atomic E-state index is 0.470. The van der Waals surface area contributed by atoms with Gasteiger partial charge in [0.2, 0.25) is 0 Å². The minimum Gasteiger partial charge on any atom is -0.357 e. The van der Waals surface area contributed by atoms with E-state index in [9.17, 15) is 0 Å². The van der Waals surface area contributed by atoms with Crippen LogP contribution >= 0.6 is 0 Å². The lowest BCUT2D eigenvalue weighted by atomic mass is 9.88. The number of pyridine rings is 1. The van der Waals surface area contributed by atoms with Crippen molar-refractivity contribution in [1.82, 2.24) is 9.88 Å². The zero-order valence-electron chi connectivity index (χ0n) is 10.5. The Kier molecular flexibility index (Phi) is 4.13. The molecule has 0 saturated heterocycles. The summed E-state index contributed by atoms with van der Waals surface area (Å²) in [6.45, 7) is 0.746. The topological polar surface area (TPSA) is 40.0 Å². The van der Waals surface area contributed by atoms with Crippen molar-refractivity contribution in [3.63, 3.8) is 0 Å². The summed E-state index contributed by atoms with van der Waals surface area (Å²) in [4.78, 5) is 6.35. The molecule has 3 heteroatoms. The highest BCUT2D eigenvalue weighted by molar-refractivity contribution is 5.81. The van der Waals surface area contributed by atoms with Crippen molar-refractivity contribution in [3.05, 3.63) is 30.1 Å². The van der Waals surface area contributed by atoms with Crippen LogP contribution in [0.4, 0.5) is 0 Å². The van der Waals surface area contributed by atoms with E-state index in [2.05, 4.69) is 4.98 Å². The first kappa shape index (κ1) is 12.1. The van der Waals surface area contributed by atoms with E-state index in [-0.39, 0.29) is 0 Å². The Balaban J connectivity index is 1.90. The molecule has 1 saturated carbocycles. The van der Waals surface area contributed by atoms with Crippen LogP contribution in [0.3, 0.4) is 0 Å². The number of rotatable bonds is 3. The Morgan fingerprint density at radius 1 is 1.35 bits per heavy atom. The lowest BCUT2D eigenvalue weighted by Gasteiger charge is -2.29. The summed E-state index contributed by atoms with van der Waals surface area (Å²) in [7, 11) is 2.01. The molecule has 1 aliphatic carbocycles. The molecule has 1 fully saturated rings. The maximum absolute atomic E-state index is 8.24. The van der Waals surface area contributed by atoms with Gasteiger partial charge >= 0.3 is 0 Å². The Labute approximate surface area is 103 Å². The second-order valence-corrected chi connectivity index (χ2v) is 4.90. The molecule has 0 aliphatic heterocycles. The van der Waals surface area contributed by atoms with Gasteiger partial charge in [0.1, 0.15) is 0 Å². The molecule has 92 valence electrons. The molecule has 0 atom stereocenters. The highest BCUT2D eigenvalue weighted by Gasteiger charge is 2.20. The van der Waals surface area contributed by atoms with Gasteiger partial charge in [-0.25, -0.2) is 0 Å². The van der Waals surface area contributed by atoms with Gasteiger partial charge in [0, 0.05) is 19.2 Å². The predicted molar refractivity (Wildman–Crippen MR) is 70.0 cm³/mol. The van der Waals surface area contributed by atoms with Crippen LogP contribution in [-0.4, -0.2) is 22.8 Å². The van der Waals surface area contributed by atoms with E-state index < -0.39 is 0 Å². The van der Waals surface area contributed by atoms with Gasteiger partial charge in [-0.2, -0.15) is 0 Å². The van der Waals surface area contributed by atoms with Gasteiger partial charge < -0.3 is 4.90 Å². The third kappa shape index (κ3) is 3.29. The van der Waals surface area contributed by atoms with Gasteiger partial charge in [-0.3, -0.25) is 10.4 Å². The van der Waals surface area contributed by atoms with Gasteiger partial charge in [-0.05, 0) is 25.0 Å². The Morgan fingerprint density at radius 2 is 2.12 bits per heavy atom. The van der Waals surface area contributed by atoms with Crippen molar-refractivity contribution in [2.45, 2.75) is 38.6 Å². The molecule has 17 heavy (non-hydrogen) atoms. The molecule has 1 aromatic rings. The number of aromatic nitrogens is 1. The second kappa shape index (κ2) is 5.80. The van der Waals surface area contributed by atoms with Crippen LogP contribution in [0.2, 0.25) is 0 Å². The van der Waals surface area contributed by atoms with E-state index in [1.807, 2.05) is 36.3 Å². The van der Waals surface area contributed by atoms with E-state index in [1.165, 1.54) is 32.1 Å². The molecular weight excluding hydrogens is 210 g/mol. The maximum Gasteiger partial charge on any atom is 0.0990 e. The van der Waals surface area contributed by atoms with Crippen molar-refractivity contribution in [1.29, 1.82) is 5.41 Å². The van der Waals surface area contributed by atoms with Crippen LogP contribution in [0.15, 0.2) is 24.4 Å². The highest BCUT2D eigenvalue weighted by atomic mass is 15.1. The fraction of sp³-hybridized carbons (Fsp3) is 0.571. The zero-order valence-corrected chi connectivity index (χ0v) is 10.5. The molecule has 1 heterocycles. The standard InChI is InChI=1S/C14H21N3/c1-17(11-13-9-5-6-10-16-13)14(15)12-7-3-2-4-8-12/h5-6,9-10,12,15H,2-4,7-8,11H2,1H3. The summed E-state index contributed by atoms with van der Waals surface area (Å²) in [5.74, 6) is 1.26. The molecule has 0 amide bonds. The number of amidine groups is 1. The number of nitrogens with zero attached hydrogens (tertiary/aromatic N) is 2. The molecular formula is C14H21N3. The molecule has 0 bridgehead atoms. The van der Waals surface area contributed by atoms with Crippen molar-refractivity contribution in [2.75, 3.05) is 7.05 Å². The van der Waals surface area contributed by atoms with Crippen molar-refractivity contribution >= 4 is 5.84 Å². The van der Waals surface area contributed by atoms with Crippen LogP contribution in [0.25, 0.3) is 0 Å². The van der Waals surface area contributed by atoms with Gasteiger partial charge in [0.25, 0.3) is 0 Å². The van der Waals surface area contributed by atoms with Crippen LogP contribution in [0, 0.1) is 11.3 Å².